The summed E-state index contributed by atoms with van der Waals surface area (Å²) >= 11 is 0. The molecule has 1 aliphatic carbocycles. The van der Waals surface area contributed by atoms with Gasteiger partial charge in [0.1, 0.15) is 0 Å². The Morgan fingerprint density at radius 3 is 2.53 bits per heavy atom. The van der Waals surface area contributed by atoms with Gasteiger partial charge in [-0.05, 0) is 30.9 Å². The molecule has 106 valence electrons. The van der Waals surface area contributed by atoms with Gasteiger partial charge in [-0.3, -0.25) is 0 Å². The van der Waals surface area contributed by atoms with Crippen molar-refractivity contribution in [2.45, 2.75) is 42.9 Å². The summed E-state index contributed by atoms with van der Waals surface area (Å²) in [6.45, 7) is 2.08. The van der Waals surface area contributed by atoms with Crippen molar-refractivity contribution < 1.29 is 17.2 Å². The number of hydrogen-bond acceptors (Lipinski definition) is 3. The number of anilines is 1. The Labute approximate surface area is 111 Å². The summed E-state index contributed by atoms with van der Waals surface area (Å²) in [4.78, 5) is -0.316. The molecule has 0 heterocycles. The molecule has 1 N–H and O–H groups in total. The van der Waals surface area contributed by atoms with Crippen LogP contribution < -0.4 is 5.32 Å². The molecule has 2 unspecified atom stereocenters. The molecule has 0 spiro atoms. The molecule has 0 aromatic heterocycles. The Kier molecular flexibility index (Phi) is 4.08. The van der Waals surface area contributed by atoms with Gasteiger partial charge in [-0.25, -0.2) is 8.42 Å². The topological polar surface area (TPSA) is 46.2 Å². The third-order valence-electron chi connectivity index (χ3n) is 3.63. The SMILES string of the molecule is CC1CCCC1Nc1ccccc1S(=O)(=O)C(F)F. The van der Waals surface area contributed by atoms with E-state index in [9.17, 15) is 17.2 Å². The smallest absolute Gasteiger partial charge is 0.341 e. The van der Waals surface area contributed by atoms with Crippen molar-refractivity contribution in [1.29, 1.82) is 0 Å². The van der Waals surface area contributed by atoms with Gasteiger partial charge in [-0.1, -0.05) is 25.5 Å². The van der Waals surface area contributed by atoms with Crippen molar-refractivity contribution in [2.75, 3.05) is 5.32 Å². The summed E-state index contributed by atoms with van der Waals surface area (Å²) in [7, 11) is -4.56. The van der Waals surface area contributed by atoms with Crippen LogP contribution in [0.2, 0.25) is 0 Å². The van der Waals surface area contributed by atoms with Crippen LogP contribution in [0.5, 0.6) is 0 Å². The van der Waals surface area contributed by atoms with Crippen molar-refractivity contribution in [3.8, 4) is 0 Å². The fraction of sp³-hybridized carbons (Fsp3) is 0.538. The van der Waals surface area contributed by atoms with E-state index in [-0.39, 0.29) is 16.6 Å². The zero-order valence-corrected chi connectivity index (χ0v) is 11.5. The van der Waals surface area contributed by atoms with Crippen LogP contribution in [-0.2, 0) is 9.84 Å². The Morgan fingerprint density at radius 2 is 1.95 bits per heavy atom. The van der Waals surface area contributed by atoms with Crippen LogP contribution in [0.3, 0.4) is 0 Å². The zero-order valence-electron chi connectivity index (χ0n) is 10.6. The maximum atomic E-state index is 12.7. The molecule has 6 heteroatoms. The highest BCUT2D eigenvalue weighted by Gasteiger charge is 2.31. The van der Waals surface area contributed by atoms with Crippen molar-refractivity contribution >= 4 is 15.5 Å². The third-order valence-corrected chi connectivity index (χ3v) is 5.07. The Morgan fingerprint density at radius 1 is 1.26 bits per heavy atom. The van der Waals surface area contributed by atoms with Crippen molar-refractivity contribution in [3.63, 3.8) is 0 Å². The minimum atomic E-state index is -4.56. The monoisotopic (exact) mass is 289 g/mol. The second kappa shape index (κ2) is 5.45. The number of hydrogen-bond donors (Lipinski definition) is 1. The number of rotatable bonds is 4. The number of nitrogens with one attached hydrogen (secondary N) is 1. The largest absolute Gasteiger partial charge is 0.381 e. The summed E-state index contributed by atoms with van der Waals surface area (Å²) in [6, 6.07) is 6.02. The minimum absolute atomic E-state index is 0.147. The maximum Gasteiger partial charge on any atom is 0.341 e. The number of benzene rings is 1. The number of alkyl halides is 2. The lowest BCUT2D eigenvalue weighted by Crippen LogP contribution is -2.24. The number of sulfone groups is 1. The van der Waals surface area contributed by atoms with E-state index in [0.29, 0.717) is 5.92 Å². The zero-order chi connectivity index (χ0) is 14.0. The maximum absolute atomic E-state index is 12.7. The van der Waals surface area contributed by atoms with E-state index in [4.69, 9.17) is 0 Å². The van der Waals surface area contributed by atoms with Crippen LogP contribution in [-0.4, -0.2) is 20.2 Å². The molecule has 1 fully saturated rings. The third kappa shape index (κ3) is 2.88. The first-order chi connectivity index (χ1) is 8.93. The van der Waals surface area contributed by atoms with E-state index in [1.807, 2.05) is 0 Å². The molecule has 2 atom stereocenters. The van der Waals surface area contributed by atoms with Gasteiger partial charge < -0.3 is 5.32 Å². The van der Waals surface area contributed by atoms with E-state index in [1.54, 1.807) is 12.1 Å². The first-order valence-corrected chi connectivity index (χ1v) is 7.85. The highest BCUT2D eigenvalue weighted by Crippen LogP contribution is 2.32. The highest BCUT2D eigenvalue weighted by molar-refractivity contribution is 7.91. The molecule has 0 bridgehead atoms. The van der Waals surface area contributed by atoms with Gasteiger partial charge in [0.05, 0.1) is 10.6 Å². The molecule has 19 heavy (non-hydrogen) atoms. The van der Waals surface area contributed by atoms with Gasteiger partial charge in [0.25, 0.3) is 0 Å². The number of para-hydroxylation sites is 1. The molecule has 0 radical (unpaired) electrons. The lowest BCUT2D eigenvalue weighted by Gasteiger charge is -2.20. The standard InChI is InChI=1S/C13H17F2NO2S/c1-9-5-4-7-10(9)16-11-6-2-3-8-12(11)19(17,18)13(14)15/h2-3,6,8-10,13,16H,4-5,7H2,1H3. The molecule has 1 aromatic carbocycles. The Hall–Kier alpha value is -1.17. The summed E-state index contributed by atoms with van der Waals surface area (Å²) in [6.07, 6.45) is 3.08. The van der Waals surface area contributed by atoms with Gasteiger partial charge in [0.2, 0.25) is 9.84 Å². The quantitative estimate of drug-likeness (QED) is 0.925. The fourth-order valence-corrected chi connectivity index (χ4v) is 3.38. The molecule has 2 rings (SSSR count). The summed E-state index contributed by atoms with van der Waals surface area (Å²) < 4.78 is 48.5. The van der Waals surface area contributed by atoms with E-state index < -0.39 is 15.6 Å². The molecule has 1 aliphatic rings. The minimum Gasteiger partial charge on any atom is -0.381 e. The van der Waals surface area contributed by atoms with Gasteiger partial charge in [-0.15, -0.1) is 0 Å². The molecular weight excluding hydrogens is 272 g/mol. The van der Waals surface area contributed by atoms with Crippen molar-refractivity contribution in [1.82, 2.24) is 0 Å². The molecule has 0 saturated heterocycles. The first kappa shape index (κ1) is 14.2. The predicted octanol–water partition coefficient (Wildman–Crippen LogP) is 3.28. The lowest BCUT2D eigenvalue weighted by molar-refractivity contribution is 0.235. The second-order valence-electron chi connectivity index (χ2n) is 4.96. The van der Waals surface area contributed by atoms with Crippen LogP contribution in [0.25, 0.3) is 0 Å². The van der Waals surface area contributed by atoms with Crippen LogP contribution in [0.15, 0.2) is 29.2 Å². The molecule has 1 aromatic rings. The highest BCUT2D eigenvalue weighted by atomic mass is 32.2. The normalized spacial score (nSPS) is 23.8. The van der Waals surface area contributed by atoms with Gasteiger partial charge in [0, 0.05) is 6.04 Å². The van der Waals surface area contributed by atoms with Crippen LogP contribution >= 0.6 is 0 Å². The van der Waals surface area contributed by atoms with Gasteiger partial charge in [0.15, 0.2) is 0 Å². The number of halogens is 2. The fourth-order valence-electron chi connectivity index (χ4n) is 2.49. The summed E-state index contributed by atoms with van der Waals surface area (Å²) in [5, 5.41) is 3.11. The van der Waals surface area contributed by atoms with Crippen molar-refractivity contribution in [2.24, 2.45) is 5.92 Å². The molecule has 1 saturated carbocycles. The van der Waals surface area contributed by atoms with Crippen molar-refractivity contribution in [3.05, 3.63) is 24.3 Å². The van der Waals surface area contributed by atoms with E-state index in [0.717, 1.165) is 19.3 Å². The summed E-state index contributed by atoms with van der Waals surface area (Å²) in [5.74, 6) is -2.97. The molecule has 0 aliphatic heterocycles. The molecule has 3 nitrogen and oxygen atoms in total. The van der Waals surface area contributed by atoms with E-state index in [2.05, 4.69) is 12.2 Å². The van der Waals surface area contributed by atoms with Crippen LogP contribution in [0.4, 0.5) is 14.5 Å². The molecule has 0 amide bonds. The lowest BCUT2D eigenvalue weighted by atomic mass is 10.1. The average molecular weight is 289 g/mol. The molecular formula is C13H17F2NO2S. The van der Waals surface area contributed by atoms with Gasteiger partial charge in [-0.2, -0.15) is 8.78 Å². The van der Waals surface area contributed by atoms with E-state index >= 15 is 0 Å². The second-order valence-corrected chi connectivity index (χ2v) is 6.85. The Bertz CT molecular complexity index is 545. The Balaban J connectivity index is 2.32. The summed E-state index contributed by atoms with van der Waals surface area (Å²) in [5.41, 5.74) is 0.279. The average Bonchev–Trinajstić information content (AvgIpc) is 2.75. The van der Waals surface area contributed by atoms with Crippen LogP contribution in [0, 0.1) is 5.92 Å². The predicted molar refractivity (Wildman–Crippen MR) is 70.1 cm³/mol. The van der Waals surface area contributed by atoms with Gasteiger partial charge >= 0.3 is 5.76 Å². The van der Waals surface area contributed by atoms with E-state index in [1.165, 1.54) is 12.1 Å². The first-order valence-electron chi connectivity index (χ1n) is 6.30. The van der Waals surface area contributed by atoms with Crippen LogP contribution in [0.1, 0.15) is 26.2 Å².